The number of rotatable bonds is 7. The van der Waals surface area contributed by atoms with E-state index in [4.69, 9.17) is 14.1 Å². The fourth-order valence-corrected chi connectivity index (χ4v) is 4.83. The summed E-state index contributed by atoms with van der Waals surface area (Å²) in [6.07, 6.45) is 1.75. The maximum Gasteiger partial charge on any atom is 0.337 e. The number of esters is 1. The topological polar surface area (TPSA) is 72.1 Å². The molecule has 0 unspecified atom stereocenters. The number of nitrogens with zero attached hydrogens (tertiary/aromatic N) is 2. The van der Waals surface area contributed by atoms with Crippen LogP contribution in [0.15, 0.2) is 111 Å². The normalized spacial score (nSPS) is 15.5. The summed E-state index contributed by atoms with van der Waals surface area (Å²) in [5.41, 5.74) is 3.39. The molecule has 7 heteroatoms. The van der Waals surface area contributed by atoms with Crippen LogP contribution in [-0.4, -0.2) is 29.1 Å². The van der Waals surface area contributed by atoms with Crippen molar-refractivity contribution in [1.29, 1.82) is 0 Å². The molecule has 0 spiro atoms. The number of amides is 1. The summed E-state index contributed by atoms with van der Waals surface area (Å²) in [5, 5.41) is 0.661. The molecule has 0 bridgehead atoms. The number of aliphatic imine (C=N–C) groups is 1. The predicted octanol–water partition coefficient (Wildman–Crippen LogP) is 6.41. The summed E-state index contributed by atoms with van der Waals surface area (Å²) in [6.45, 7) is 0.926. The number of hydrogen-bond acceptors (Lipinski definition) is 6. The van der Waals surface area contributed by atoms with Gasteiger partial charge in [-0.25, -0.2) is 4.79 Å². The van der Waals surface area contributed by atoms with Crippen LogP contribution >= 0.6 is 11.8 Å². The molecule has 0 saturated carbocycles. The second kappa shape index (κ2) is 11.1. The Morgan fingerprint density at radius 2 is 1.59 bits per heavy atom. The lowest BCUT2D eigenvalue weighted by molar-refractivity contribution is -0.122. The molecular formula is C30H24N2O4S. The molecule has 1 aliphatic heterocycles. The highest BCUT2D eigenvalue weighted by atomic mass is 32.2. The Bertz CT molecular complexity index is 1460. The van der Waals surface area contributed by atoms with Crippen molar-refractivity contribution in [2.24, 2.45) is 4.99 Å². The Balaban J connectivity index is 1.39. The van der Waals surface area contributed by atoms with E-state index in [1.54, 1.807) is 35.2 Å². The molecule has 184 valence electrons. The Morgan fingerprint density at radius 3 is 2.27 bits per heavy atom. The average molecular weight is 509 g/mol. The first-order valence-electron chi connectivity index (χ1n) is 11.7. The molecule has 1 saturated heterocycles. The van der Waals surface area contributed by atoms with E-state index >= 15 is 0 Å². The highest BCUT2D eigenvalue weighted by Gasteiger charge is 2.33. The lowest BCUT2D eigenvalue weighted by Gasteiger charge is -2.15. The maximum absolute atomic E-state index is 13.4. The number of benzene rings is 3. The van der Waals surface area contributed by atoms with Crippen LogP contribution in [-0.2, 0) is 22.6 Å². The van der Waals surface area contributed by atoms with E-state index in [-0.39, 0.29) is 5.91 Å². The molecule has 0 N–H and O–H groups in total. The fraction of sp³-hybridized carbons (Fsp3) is 0.100. The van der Waals surface area contributed by atoms with Crippen molar-refractivity contribution in [2.75, 3.05) is 7.11 Å². The van der Waals surface area contributed by atoms with E-state index in [1.165, 1.54) is 18.9 Å². The van der Waals surface area contributed by atoms with Crippen LogP contribution in [0.2, 0.25) is 0 Å². The van der Waals surface area contributed by atoms with Crippen molar-refractivity contribution >= 4 is 34.9 Å². The largest absolute Gasteiger partial charge is 0.465 e. The van der Waals surface area contributed by atoms with Crippen LogP contribution < -0.4 is 0 Å². The van der Waals surface area contributed by atoms with Crippen molar-refractivity contribution in [3.63, 3.8) is 0 Å². The highest BCUT2D eigenvalue weighted by Crippen LogP contribution is 2.35. The van der Waals surface area contributed by atoms with Gasteiger partial charge < -0.3 is 9.15 Å². The molecule has 6 nitrogen and oxygen atoms in total. The molecule has 37 heavy (non-hydrogen) atoms. The Labute approximate surface area is 219 Å². The van der Waals surface area contributed by atoms with Gasteiger partial charge >= 0.3 is 5.97 Å². The SMILES string of the molecule is COC(=O)c1ccc(-c2ccc(/C=C3\SC(=NCc4ccccc4)N(Cc4ccccc4)C3=O)o2)cc1. The summed E-state index contributed by atoms with van der Waals surface area (Å²) in [6, 6.07) is 30.5. The van der Waals surface area contributed by atoms with Crippen LogP contribution in [0.25, 0.3) is 17.4 Å². The van der Waals surface area contributed by atoms with Crippen LogP contribution in [0, 0.1) is 0 Å². The van der Waals surface area contributed by atoms with Crippen molar-refractivity contribution < 1.29 is 18.7 Å². The summed E-state index contributed by atoms with van der Waals surface area (Å²) in [7, 11) is 1.35. The van der Waals surface area contributed by atoms with Crippen molar-refractivity contribution in [1.82, 2.24) is 4.90 Å². The summed E-state index contributed by atoms with van der Waals surface area (Å²) < 4.78 is 10.8. The molecule has 0 radical (unpaired) electrons. The highest BCUT2D eigenvalue weighted by molar-refractivity contribution is 8.18. The van der Waals surface area contributed by atoms with E-state index in [0.717, 1.165) is 16.7 Å². The second-order valence-electron chi connectivity index (χ2n) is 8.34. The van der Waals surface area contributed by atoms with Crippen LogP contribution in [0.4, 0.5) is 0 Å². The van der Waals surface area contributed by atoms with E-state index in [0.29, 0.717) is 40.2 Å². The van der Waals surface area contributed by atoms with E-state index in [1.807, 2.05) is 72.8 Å². The number of furan rings is 1. The van der Waals surface area contributed by atoms with Crippen molar-refractivity contribution in [3.8, 4) is 11.3 Å². The van der Waals surface area contributed by atoms with Crippen LogP contribution in [0.5, 0.6) is 0 Å². The molecular weight excluding hydrogens is 484 g/mol. The number of amidine groups is 1. The summed E-state index contributed by atoms with van der Waals surface area (Å²) in [4.78, 5) is 32.1. The maximum atomic E-state index is 13.4. The number of thioether (sulfide) groups is 1. The second-order valence-corrected chi connectivity index (χ2v) is 9.35. The number of methoxy groups -OCH3 is 1. The number of hydrogen-bond donors (Lipinski definition) is 0. The quantitative estimate of drug-likeness (QED) is 0.213. The molecule has 2 heterocycles. The van der Waals surface area contributed by atoms with E-state index in [9.17, 15) is 9.59 Å². The molecule has 1 aliphatic rings. The summed E-state index contributed by atoms with van der Waals surface area (Å²) >= 11 is 1.35. The molecule has 0 aliphatic carbocycles. The third-order valence-electron chi connectivity index (χ3n) is 5.80. The van der Waals surface area contributed by atoms with Gasteiger partial charge in [-0.15, -0.1) is 0 Å². The predicted molar refractivity (Wildman–Crippen MR) is 146 cm³/mol. The standard InChI is InChI=1S/C30H24N2O4S/c1-35-29(34)24-14-12-23(13-15-24)26-17-16-25(36-26)18-27-28(33)32(20-22-10-6-3-7-11-22)30(37-27)31-19-21-8-4-2-5-9-21/h2-18H,19-20H2,1H3/b27-18-,31-30?. The average Bonchev–Trinajstić information content (AvgIpc) is 3.53. The van der Waals surface area contributed by atoms with Gasteiger partial charge in [-0.05, 0) is 47.2 Å². The number of ether oxygens (including phenoxy) is 1. The first kappa shape index (κ1) is 24.3. The number of carbonyl (C=O) groups is 2. The minimum Gasteiger partial charge on any atom is -0.465 e. The van der Waals surface area contributed by atoms with Gasteiger partial charge in [0.15, 0.2) is 5.17 Å². The lowest BCUT2D eigenvalue weighted by atomic mass is 10.1. The van der Waals surface area contributed by atoms with Gasteiger partial charge in [0.2, 0.25) is 0 Å². The van der Waals surface area contributed by atoms with E-state index in [2.05, 4.69) is 0 Å². The molecule has 0 atom stereocenters. The zero-order valence-electron chi connectivity index (χ0n) is 20.2. The third-order valence-corrected chi connectivity index (χ3v) is 6.85. The van der Waals surface area contributed by atoms with Gasteiger partial charge in [-0.3, -0.25) is 14.7 Å². The monoisotopic (exact) mass is 508 g/mol. The van der Waals surface area contributed by atoms with Crippen molar-refractivity contribution in [2.45, 2.75) is 13.1 Å². The number of carbonyl (C=O) groups excluding carboxylic acids is 2. The Kier molecular flexibility index (Phi) is 7.33. The zero-order valence-corrected chi connectivity index (χ0v) is 21.0. The first-order valence-corrected chi connectivity index (χ1v) is 12.5. The zero-order chi connectivity index (χ0) is 25.6. The molecule has 3 aromatic carbocycles. The van der Waals surface area contributed by atoms with E-state index < -0.39 is 5.97 Å². The Morgan fingerprint density at radius 1 is 0.919 bits per heavy atom. The fourth-order valence-electron chi connectivity index (χ4n) is 3.88. The van der Waals surface area contributed by atoms with Gasteiger partial charge in [0, 0.05) is 11.6 Å². The minimum absolute atomic E-state index is 0.110. The van der Waals surface area contributed by atoms with Gasteiger partial charge in [-0.1, -0.05) is 72.8 Å². The van der Waals surface area contributed by atoms with Crippen LogP contribution in [0.3, 0.4) is 0 Å². The molecule has 1 aromatic heterocycles. The Hall–Kier alpha value is -4.36. The summed E-state index contributed by atoms with van der Waals surface area (Å²) in [5.74, 6) is 0.698. The minimum atomic E-state index is -0.391. The molecule has 5 rings (SSSR count). The van der Waals surface area contributed by atoms with Crippen LogP contribution in [0.1, 0.15) is 27.2 Å². The van der Waals surface area contributed by atoms with Crippen molar-refractivity contribution in [3.05, 3.63) is 124 Å². The smallest absolute Gasteiger partial charge is 0.337 e. The third kappa shape index (κ3) is 5.73. The molecule has 1 amide bonds. The lowest BCUT2D eigenvalue weighted by Crippen LogP contribution is -2.28. The van der Waals surface area contributed by atoms with Gasteiger partial charge in [0.1, 0.15) is 11.5 Å². The van der Waals surface area contributed by atoms with Gasteiger partial charge in [0.05, 0.1) is 30.7 Å². The molecule has 4 aromatic rings. The van der Waals surface area contributed by atoms with Gasteiger partial charge in [0.25, 0.3) is 5.91 Å². The van der Waals surface area contributed by atoms with Gasteiger partial charge in [-0.2, -0.15) is 0 Å². The molecule has 1 fully saturated rings. The first-order chi connectivity index (χ1) is 18.1.